The third kappa shape index (κ3) is 2.59. The Bertz CT molecular complexity index is 487. The van der Waals surface area contributed by atoms with E-state index in [1.165, 1.54) is 0 Å². The fourth-order valence-corrected chi connectivity index (χ4v) is 3.56. The lowest BCUT2D eigenvalue weighted by Crippen LogP contribution is -2.35. The van der Waals surface area contributed by atoms with Gasteiger partial charge in [-0.3, -0.25) is 0 Å². The smallest absolute Gasteiger partial charge is 0.243 e. The number of rotatable bonds is 3. The van der Waals surface area contributed by atoms with Gasteiger partial charge in [-0.05, 0) is 25.0 Å². The van der Waals surface area contributed by atoms with Gasteiger partial charge in [0.05, 0.1) is 12.3 Å². The molecule has 1 aromatic carbocycles. The Labute approximate surface area is 101 Å². The summed E-state index contributed by atoms with van der Waals surface area (Å²) in [6.45, 7) is 2.75. The van der Waals surface area contributed by atoms with E-state index in [1.807, 2.05) is 0 Å². The Kier molecular flexibility index (Phi) is 3.37. The number of hydrogen-bond acceptors (Lipinski definition) is 4. The molecule has 1 atom stereocenters. The normalized spacial score (nSPS) is 20.6. The summed E-state index contributed by atoms with van der Waals surface area (Å²) in [5, 5.41) is 0. The van der Waals surface area contributed by atoms with E-state index in [0.717, 1.165) is 0 Å². The van der Waals surface area contributed by atoms with Crippen molar-refractivity contribution < 1.29 is 13.2 Å². The molecule has 5 nitrogen and oxygen atoms in total. The molecule has 0 spiro atoms. The van der Waals surface area contributed by atoms with Crippen LogP contribution in [-0.4, -0.2) is 27.7 Å². The first kappa shape index (κ1) is 12.3. The van der Waals surface area contributed by atoms with Crippen LogP contribution in [0.1, 0.15) is 12.0 Å². The van der Waals surface area contributed by atoms with E-state index in [9.17, 15) is 8.42 Å². The van der Waals surface area contributed by atoms with Crippen LogP contribution in [-0.2, 0) is 14.8 Å². The summed E-state index contributed by atoms with van der Waals surface area (Å²) in [5.74, 6) is 0. The average molecular weight is 256 g/mol. The van der Waals surface area contributed by atoms with Gasteiger partial charge < -0.3 is 10.5 Å². The lowest BCUT2D eigenvalue weighted by atomic mass is 10.2. The minimum atomic E-state index is -3.56. The highest BCUT2D eigenvalue weighted by molar-refractivity contribution is 7.89. The van der Waals surface area contributed by atoms with Gasteiger partial charge in [0.2, 0.25) is 10.0 Å². The SMILES string of the molecule is Cc1cccc(N)c1S(=O)(=O)NC1CCOC1. The van der Waals surface area contributed by atoms with Gasteiger partial charge in [-0.2, -0.15) is 0 Å². The quantitative estimate of drug-likeness (QED) is 0.778. The largest absolute Gasteiger partial charge is 0.398 e. The van der Waals surface area contributed by atoms with Crippen LogP contribution >= 0.6 is 0 Å². The van der Waals surface area contributed by atoms with E-state index in [4.69, 9.17) is 10.5 Å². The Morgan fingerprint density at radius 2 is 2.24 bits per heavy atom. The Balaban J connectivity index is 2.31. The monoisotopic (exact) mass is 256 g/mol. The number of nitrogens with two attached hydrogens (primary N) is 1. The molecule has 94 valence electrons. The highest BCUT2D eigenvalue weighted by atomic mass is 32.2. The van der Waals surface area contributed by atoms with Gasteiger partial charge in [0.25, 0.3) is 0 Å². The summed E-state index contributed by atoms with van der Waals surface area (Å²) in [6.07, 6.45) is 0.699. The van der Waals surface area contributed by atoms with Gasteiger partial charge in [-0.15, -0.1) is 0 Å². The molecule has 2 rings (SSSR count). The minimum Gasteiger partial charge on any atom is -0.398 e. The molecular weight excluding hydrogens is 240 g/mol. The van der Waals surface area contributed by atoms with Crippen LogP contribution in [0.2, 0.25) is 0 Å². The number of nitrogen functional groups attached to an aromatic ring is 1. The molecule has 0 saturated carbocycles. The van der Waals surface area contributed by atoms with Crippen molar-refractivity contribution in [1.29, 1.82) is 0 Å². The topological polar surface area (TPSA) is 81.4 Å². The molecule has 1 unspecified atom stereocenters. The zero-order valence-corrected chi connectivity index (χ0v) is 10.5. The Morgan fingerprint density at radius 1 is 1.47 bits per heavy atom. The molecule has 1 saturated heterocycles. The first-order valence-corrected chi connectivity index (χ1v) is 6.94. The summed E-state index contributed by atoms with van der Waals surface area (Å²) in [7, 11) is -3.56. The number of nitrogens with one attached hydrogen (secondary N) is 1. The summed E-state index contributed by atoms with van der Waals surface area (Å²) in [4.78, 5) is 0.173. The van der Waals surface area contributed by atoms with E-state index in [1.54, 1.807) is 25.1 Å². The highest BCUT2D eigenvalue weighted by Crippen LogP contribution is 2.22. The van der Waals surface area contributed by atoms with E-state index < -0.39 is 10.0 Å². The summed E-state index contributed by atoms with van der Waals surface area (Å²) in [5.41, 5.74) is 6.66. The second-order valence-electron chi connectivity index (χ2n) is 4.18. The van der Waals surface area contributed by atoms with Gasteiger partial charge in [-0.25, -0.2) is 13.1 Å². The van der Waals surface area contributed by atoms with Gasteiger partial charge >= 0.3 is 0 Å². The third-order valence-electron chi connectivity index (χ3n) is 2.76. The minimum absolute atomic E-state index is 0.154. The van der Waals surface area contributed by atoms with Crippen molar-refractivity contribution in [3.63, 3.8) is 0 Å². The van der Waals surface area contributed by atoms with Crippen molar-refractivity contribution in [3.8, 4) is 0 Å². The lowest BCUT2D eigenvalue weighted by molar-refractivity contribution is 0.192. The van der Waals surface area contributed by atoms with Gasteiger partial charge in [-0.1, -0.05) is 12.1 Å². The van der Waals surface area contributed by atoms with Gasteiger partial charge in [0, 0.05) is 12.6 Å². The molecule has 1 aliphatic rings. The maximum absolute atomic E-state index is 12.2. The van der Waals surface area contributed by atoms with Gasteiger partial charge in [0.1, 0.15) is 4.90 Å². The molecule has 1 aromatic rings. The standard InChI is InChI=1S/C11H16N2O3S/c1-8-3-2-4-10(12)11(8)17(14,15)13-9-5-6-16-7-9/h2-4,9,13H,5-7,12H2,1H3. The van der Waals surface area contributed by atoms with Gasteiger partial charge in [0.15, 0.2) is 0 Å². The first-order valence-electron chi connectivity index (χ1n) is 5.46. The predicted molar refractivity (Wildman–Crippen MR) is 65.1 cm³/mol. The van der Waals surface area contributed by atoms with Crippen LogP contribution in [0, 0.1) is 6.92 Å². The number of sulfonamides is 1. The maximum atomic E-state index is 12.2. The van der Waals surface area contributed by atoms with Crippen molar-refractivity contribution in [2.75, 3.05) is 18.9 Å². The predicted octanol–water partition coefficient (Wildman–Crippen LogP) is 0.644. The second-order valence-corrected chi connectivity index (χ2v) is 5.83. The summed E-state index contributed by atoms with van der Waals surface area (Å²) < 4.78 is 32.1. The molecule has 0 bridgehead atoms. The van der Waals surface area contributed by atoms with E-state index in [0.29, 0.717) is 25.2 Å². The van der Waals surface area contributed by atoms with Crippen molar-refractivity contribution in [3.05, 3.63) is 23.8 Å². The number of hydrogen-bond donors (Lipinski definition) is 2. The number of aryl methyl sites for hydroxylation is 1. The van der Waals surface area contributed by atoms with Crippen LogP contribution in [0.3, 0.4) is 0 Å². The molecule has 6 heteroatoms. The highest BCUT2D eigenvalue weighted by Gasteiger charge is 2.26. The number of ether oxygens (including phenoxy) is 1. The molecule has 0 amide bonds. The van der Waals surface area contributed by atoms with Crippen LogP contribution in [0.15, 0.2) is 23.1 Å². The fraction of sp³-hybridized carbons (Fsp3) is 0.455. The molecular formula is C11H16N2O3S. The van der Waals surface area contributed by atoms with Crippen molar-refractivity contribution in [1.82, 2.24) is 4.72 Å². The molecule has 0 aliphatic carbocycles. The van der Waals surface area contributed by atoms with Crippen molar-refractivity contribution in [2.24, 2.45) is 0 Å². The molecule has 1 aliphatic heterocycles. The van der Waals surface area contributed by atoms with Crippen molar-refractivity contribution in [2.45, 2.75) is 24.3 Å². The zero-order chi connectivity index (χ0) is 12.5. The second kappa shape index (κ2) is 4.64. The fourth-order valence-electron chi connectivity index (χ4n) is 1.95. The molecule has 0 aromatic heterocycles. The third-order valence-corrected chi connectivity index (χ3v) is 4.50. The maximum Gasteiger partial charge on any atom is 0.243 e. The molecule has 1 fully saturated rings. The average Bonchev–Trinajstić information content (AvgIpc) is 2.68. The number of benzene rings is 1. The van der Waals surface area contributed by atoms with Crippen LogP contribution in [0.4, 0.5) is 5.69 Å². The zero-order valence-electron chi connectivity index (χ0n) is 9.64. The van der Waals surface area contributed by atoms with E-state index in [2.05, 4.69) is 4.72 Å². The number of anilines is 1. The first-order chi connectivity index (χ1) is 8.00. The molecule has 17 heavy (non-hydrogen) atoms. The Morgan fingerprint density at radius 3 is 2.82 bits per heavy atom. The Hall–Kier alpha value is -1.11. The van der Waals surface area contributed by atoms with E-state index >= 15 is 0 Å². The summed E-state index contributed by atoms with van der Waals surface area (Å²) >= 11 is 0. The lowest BCUT2D eigenvalue weighted by Gasteiger charge is -2.14. The van der Waals surface area contributed by atoms with Crippen molar-refractivity contribution >= 4 is 15.7 Å². The van der Waals surface area contributed by atoms with E-state index in [-0.39, 0.29) is 16.6 Å². The van der Waals surface area contributed by atoms with Crippen LogP contribution < -0.4 is 10.5 Å². The molecule has 3 N–H and O–H groups in total. The molecule has 0 radical (unpaired) electrons. The molecule has 1 heterocycles. The van der Waals surface area contributed by atoms with Crippen LogP contribution in [0.25, 0.3) is 0 Å². The summed E-state index contributed by atoms with van der Waals surface area (Å²) in [6, 6.07) is 4.91. The van der Waals surface area contributed by atoms with Crippen LogP contribution in [0.5, 0.6) is 0 Å².